The van der Waals surface area contributed by atoms with Crippen molar-refractivity contribution in [2.24, 2.45) is 11.7 Å². The molecule has 3 N–H and O–H groups in total. The van der Waals surface area contributed by atoms with Crippen LogP contribution >= 0.6 is 0 Å². The Morgan fingerprint density at radius 3 is 2.88 bits per heavy atom. The predicted molar refractivity (Wildman–Crippen MR) is 66.1 cm³/mol. The molecule has 1 aliphatic heterocycles. The number of nitrogens with two attached hydrogens (primary N) is 1. The van der Waals surface area contributed by atoms with Crippen LogP contribution in [0.15, 0.2) is 0 Å². The fraction of sp³-hybridized carbons (Fsp3) is 0.917. The summed E-state index contributed by atoms with van der Waals surface area (Å²) < 4.78 is 0. The van der Waals surface area contributed by atoms with Crippen molar-refractivity contribution in [2.75, 3.05) is 26.2 Å². The first-order valence-electron chi connectivity index (χ1n) is 6.38. The Bertz CT molecular complexity index is 220. The third kappa shape index (κ3) is 4.10. The second-order valence-electron chi connectivity index (χ2n) is 4.81. The molecule has 4 nitrogen and oxygen atoms in total. The summed E-state index contributed by atoms with van der Waals surface area (Å²) in [4.78, 5) is 13.9. The lowest BCUT2D eigenvalue weighted by atomic mass is 9.93. The highest BCUT2D eigenvalue weighted by Crippen LogP contribution is 2.20. The van der Waals surface area contributed by atoms with Gasteiger partial charge in [0.25, 0.3) is 0 Å². The van der Waals surface area contributed by atoms with Gasteiger partial charge in [-0.15, -0.1) is 0 Å². The number of likely N-dealkylation sites (tertiary alicyclic amines) is 1. The van der Waals surface area contributed by atoms with Crippen molar-refractivity contribution >= 4 is 5.91 Å². The van der Waals surface area contributed by atoms with Gasteiger partial charge in [0, 0.05) is 19.1 Å². The molecule has 1 fully saturated rings. The molecular formula is C12H25N3O. The molecule has 0 aromatic rings. The number of hydrogen-bond donors (Lipinski definition) is 2. The van der Waals surface area contributed by atoms with Crippen molar-refractivity contribution in [1.82, 2.24) is 10.2 Å². The molecule has 0 aromatic carbocycles. The summed E-state index contributed by atoms with van der Waals surface area (Å²) in [5, 5.41) is 2.92. The third-order valence-electron chi connectivity index (χ3n) is 3.36. The minimum Gasteiger partial charge on any atom is -0.355 e. The lowest BCUT2D eigenvalue weighted by Gasteiger charge is -2.37. The number of carbonyl (C=O) groups excluding carboxylic acids is 1. The number of carbonyl (C=O) groups is 1. The summed E-state index contributed by atoms with van der Waals surface area (Å²) in [5.74, 6) is 0.710. The van der Waals surface area contributed by atoms with Crippen LogP contribution in [0.3, 0.4) is 0 Å². The summed E-state index contributed by atoms with van der Waals surface area (Å²) in [6.45, 7) is 7.27. The summed E-state index contributed by atoms with van der Waals surface area (Å²) in [6, 6.07) is 0.509. The van der Waals surface area contributed by atoms with Crippen LogP contribution in [0.2, 0.25) is 0 Å². The van der Waals surface area contributed by atoms with Crippen molar-refractivity contribution < 1.29 is 4.79 Å². The van der Waals surface area contributed by atoms with Gasteiger partial charge in [0.15, 0.2) is 0 Å². The SMILES string of the molecule is CCCNC(=O)CN1CC(CN)CCC1C. The zero-order valence-corrected chi connectivity index (χ0v) is 10.5. The molecule has 1 heterocycles. The Morgan fingerprint density at radius 1 is 1.50 bits per heavy atom. The molecule has 1 amide bonds. The highest BCUT2D eigenvalue weighted by atomic mass is 16.2. The molecule has 2 unspecified atom stereocenters. The van der Waals surface area contributed by atoms with E-state index in [9.17, 15) is 4.79 Å². The number of amides is 1. The number of rotatable bonds is 5. The van der Waals surface area contributed by atoms with E-state index in [4.69, 9.17) is 5.73 Å². The number of nitrogens with zero attached hydrogens (tertiary/aromatic N) is 1. The van der Waals surface area contributed by atoms with E-state index in [0.717, 1.165) is 32.5 Å². The van der Waals surface area contributed by atoms with Crippen molar-refractivity contribution in [3.8, 4) is 0 Å². The van der Waals surface area contributed by atoms with E-state index in [1.165, 1.54) is 6.42 Å². The molecule has 1 saturated heterocycles. The van der Waals surface area contributed by atoms with Crippen LogP contribution in [0.1, 0.15) is 33.1 Å². The number of piperidine rings is 1. The average Bonchev–Trinajstić information content (AvgIpc) is 2.29. The van der Waals surface area contributed by atoms with Gasteiger partial charge in [0.2, 0.25) is 5.91 Å². The first-order chi connectivity index (χ1) is 7.67. The maximum Gasteiger partial charge on any atom is 0.234 e. The quantitative estimate of drug-likeness (QED) is 0.722. The predicted octanol–water partition coefficient (Wildman–Crippen LogP) is 0.572. The molecule has 0 radical (unpaired) electrons. The normalized spacial score (nSPS) is 26.7. The minimum atomic E-state index is 0.145. The van der Waals surface area contributed by atoms with Crippen molar-refractivity contribution in [1.29, 1.82) is 0 Å². The molecule has 0 saturated carbocycles. The lowest BCUT2D eigenvalue weighted by molar-refractivity contribution is -0.123. The van der Waals surface area contributed by atoms with Crippen molar-refractivity contribution in [2.45, 2.75) is 39.2 Å². The van der Waals surface area contributed by atoms with Crippen LogP contribution in [0.4, 0.5) is 0 Å². The fourth-order valence-electron chi connectivity index (χ4n) is 2.18. The standard InChI is InChI=1S/C12H25N3O/c1-3-6-14-12(16)9-15-8-11(7-13)5-4-10(15)2/h10-11H,3-9,13H2,1-2H3,(H,14,16). The van der Waals surface area contributed by atoms with E-state index < -0.39 is 0 Å². The molecule has 0 bridgehead atoms. The second-order valence-corrected chi connectivity index (χ2v) is 4.81. The second kappa shape index (κ2) is 6.86. The molecule has 4 heteroatoms. The van der Waals surface area contributed by atoms with Crippen molar-refractivity contribution in [3.63, 3.8) is 0 Å². The topological polar surface area (TPSA) is 58.4 Å². The van der Waals surface area contributed by atoms with Gasteiger partial charge >= 0.3 is 0 Å². The molecule has 0 aromatic heterocycles. The fourth-order valence-corrected chi connectivity index (χ4v) is 2.18. The van der Waals surface area contributed by atoms with E-state index in [-0.39, 0.29) is 5.91 Å². The Morgan fingerprint density at radius 2 is 2.25 bits per heavy atom. The Hall–Kier alpha value is -0.610. The maximum atomic E-state index is 11.6. The van der Waals surface area contributed by atoms with Crippen LogP contribution in [0.25, 0.3) is 0 Å². The van der Waals surface area contributed by atoms with Crippen LogP contribution in [0, 0.1) is 5.92 Å². The van der Waals surface area contributed by atoms with Gasteiger partial charge < -0.3 is 11.1 Å². The van der Waals surface area contributed by atoms with Crippen LogP contribution in [-0.4, -0.2) is 43.0 Å². The van der Waals surface area contributed by atoms with Gasteiger partial charge in [0.1, 0.15) is 0 Å². The summed E-state index contributed by atoms with van der Waals surface area (Å²) in [6.07, 6.45) is 3.35. The first kappa shape index (κ1) is 13.5. The Balaban J connectivity index is 2.35. The van der Waals surface area contributed by atoms with E-state index >= 15 is 0 Å². The molecule has 94 valence electrons. The van der Waals surface area contributed by atoms with Gasteiger partial charge in [-0.25, -0.2) is 0 Å². The molecule has 1 rings (SSSR count). The average molecular weight is 227 g/mol. The first-order valence-corrected chi connectivity index (χ1v) is 6.38. The molecule has 2 atom stereocenters. The van der Waals surface area contributed by atoms with E-state index in [1.54, 1.807) is 0 Å². The number of nitrogens with one attached hydrogen (secondary N) is 1. The monoisotopic (exact) mass is 227 g/mol. The van der Waals surface area contributed by atoms with E-state index in [0.29, 0.717) is 18.5 Å². The lowest BCUT2D eigenvalue weighted by Crippen LogP contribution is -2.48. The highest BCUT2D eigenvalue weighted by molar-refractivity contribution is 5.78. The van der Waals surface area contributed by atoms with Crippen molar-refractivity contribution in [3.05, 3.63) is 0 Å². The van der Waals surface area contributed by atoms with E-state index in [2.05, 4.69) is 24.1 Å². The number of hydrogen-bond acceptors (Lipinski definition) is 3. The Kier molecular flexibility index (Phi) is 5.77. The smallest absolute Gasteiger partial charge is 0.234 e. The van der Waals surface area contributed by atoms with Gasteiger partial charge in [-0.05, 0) is 38.6 Å². The van der Waals surface area contributed by atoms with Crippen LogP contribution in [0.5, 0.6) is 0 Å². The third-order valence-corrected chi connectivity index (χ3v) is 3.36. The Labute approximate surface area is 98.6 Å². The van der Waals surface area contributed by atoms with Gasteiger partial charge in [-0.3, -0.25) is 9.69 Å². The molecule has 0 spiro atoms. The zero-order chi connectivity index (χ0) is 12.0. The van der Waals surface area contributed by atoms with Gasteiger partial charge in [0.05, 0.1) is 6.54 Å². The largest absolute Gasteiger partial charge is 0.355 e. The molecular weight excluding hydrogens is 202 g/mol. The summed E-state index contributed by atoms with van der Waals surface area (Å²) in [7, 11) is 0. The zero-order valence-electron chi connectivity index (χ0n) is 10.5. The van der Waals surface area contributed by atoms with Crippen LogP contribution in [-0.2, 0) is 4.79 Å². The maximum absolute atomic E-state index is 11.6. The van der Waals surface area contributed by atoms with Gasteiger partial charge in [-0.2, -0.15) is 0 Å². The summed E-state index contributed by atoms with van der Waals surface area (Å²) in [5.41, 5.74) is 5.69. The molecule has 16 heavy (non-hydrogen) atoms. The summed E-state index contributed by atoms with van der Waals surface area (Å²) >= 11 is 0. The molecule has 1 aliphatic rings. The molecule has 0 aliphatic carbocycles. The van der Waals surface area contributed by atoms with E-state index in [1.807, 2.05) is 0 Å². The highest BCUT2D eigenvalue weighted by Gasteiger charge is 2.25. The van der Waals surface area contributed by atoms with Crippen LogP contribution < -0.4 is 11.1 Å². The minimum absolute atomic E-state index is 0.145. The van der Waals surface area contributed by atoms with Gasteiger partial charge in [-0.1, -0.05) is 6.92 Å².